The molecule has 0 saturated carbocycles. The monoisotopic (exact) mass is 504 g/mol. The third kappa shape index (κ3) is 7.35. The van der Waals surface area contributed by atoms with Crippen LogP contribution in [0.3, 0.4) is 0 Å². The molecule has 0 radical (unpaired) electrons. The molecule has 0 aliphatic heterocycles. The van der Waals surface area contributed by atoms with E-state index in [9.17, 15) is 9.59 Å². The summed E-state index contributed by atoms with van der Waals surface area (Å²) in [5.41, 5.74) is 4.15. The summed E-state index contributed by atoms with van der Waals surface area (Å²) in [7, 11) is 0. The van der Waals surface area contributed by atoms with Gasteiger partial charge in [0.25, 0.3) is 0 Å². The molecule has 3 rings (SSSR count). The second-order valence-corrected chi connectivity index (χ2v) is 8.72. The van der Waals surface area contributed by atoms with E-state index < -0.39 is 11.4 Å². The second kappa shape index (κ2) is 13.5. The van der Waals surface area contributed by atoms with Gasteiger partial charge in [-0.3, -0.25) is 4.79 Å². The van der Waals surface area contributed by atoms with Gasteiger partial charge in [0.2, 0.25) is 0 Å². The normalized spacial score (nSPS) is 12.3. The molecule has 0 aliphatic carbocycles. The summed E-state index contributed by atoms with van der Waals surface area (Å²) in [6.45, 7) is 8.72. The Morgan fingerprint density at radius 1 is 0.649 bits per heavy atom. The van der Waals surface area contributed by atoms with Crippen molar-refractivity contribution in [1.29, 1.82) is 0 Å². The van der Waals surface area contributed by atoms with Gasteiger partial charge in [-0.15, -0.1) is 0 Å². The lowest BCUT2D eigenvalue weighted by atomic mass is 9.71. The van der Waals surface area contributed by atoms with Crippen LogP contribution in [0.4, 0.5) is 0 Å². The van der Waals surface area contributed by atoms with Crippen molar-refractivity contribution in [3.05, 3.63) is 95.1 Å². The van der Waals surface area contributed by atoms with Crippen molar-refractivity contribution in [3.8, 4) is 11.5 Å². The number of hydrogen-bond acceptors (Lipinski definition) is 6. The minimum atomic E-state index is -0.449. The fourth-order valence-electron chi connectivity index (χ4n) is 4.17. The molecule has 0 N–H and O–H groups in total. The SMILES string of the molecule is CCOC(=O)CCOc1ccc([C@](C)(c2ccc(CC)cc2)c2ccc(OCC(=O)OCC)cc2)cc1. The first kappa shape index (κ1) is 27.8. The van der Waals surface area contributed by atoms with Crippen LogP contribution in [0.1, 0.15) is 56.4 Å². The Morgan fingerprint density at radius 2 is 1.11 bits per heavy atom. The van der Waals surface area contributed by atoms with Gasteiger partial charge in [0, 0.05) is 5.41 Å². The second-order valence-electron chi connectivity index (χ2n) is 8.72. The highest BCUT2D eigenvalue weighted by Crippen LogP contribution is 2.40. The Morgan fingerprint density at radius 3 is 1.59 bits per heavy atom. The third-order valence-electron chi connectivity index (χ3n) is 6.35. The fourth-order valence-corrected chi connectivity index (χ4v) is 4.17. The summed E-state index contributed by atoms with van der Waals surface area (Å²) >= 11 is 0. The number of aryl methyl sites for hydroxylation is 1. The summed E-state index contributed by atoms with van der Waals surface area (Å²) in [6.07, 6.45) is 1.18. The number of carbonyl (C=O) groups excluding carboxylic acids is 2. The molecule has 3 aromatic rings. The zero-order chi connectivity index (χ0) is 26.7. The molecule has 3 aromatic carbocycles. The summed E-state index contributed by atoms with van der Waals surface area (Å²) in [6, 6.07) is 24.4. The minimum Gasteiger partial charge on any atom is -0.493 e. The summed E-state index contributed by atoms with van der Waals surface area (Å²) in [4.78, 5) is 23.2. The predicted octanol–water partition coefficient (Wildman–Crippen LogP) is 5.88. The number of hydrogen-bond donors (Lipinski definition) is 0. The smallest absolute Gasteiger partial charge is 0.344 e. The Hall–Kier alpha value is -3.80. The van der Waals surface area contributed by atoms with Crippen LogP contribution in [0, 0.1) is 0 Å². The van der Waals surface area contributed by atoms with E-state index in [-0.39, 0.29) is 25.6 Å². The van der Waals surface area contributed by atoms with Gasteiger partial charge in [0.15, 0.2) is 6.61 Å². The standard InChI is InChI=1S/C31H36O6/c1-5-23-8-10-24(11-9-23)31(4,26-14-18-28(19-15-26)37-22-30(33)35-7-3)25-12-16-27(17-13-25)36-21-20-29(32)34-6-2/h8-19H,5-7,20-22H2,1-4H3/t31-/m0/s1. The van der Waals surface area contributed by atoms with Gasteiger partial charge in [-0.25, -0.2) is 4.79 Å². The lowest BCUT2D eigenvalue weighted by molar-refractivity contribution is -0.145. The van der Waals surface area contributed by atoms with Crippen molar-refractivity contribution in [3.63, 3.8) is 0 Å². The molecule has 0 spiro atoms. The van der Waals surface area contributed by atoms with Crippen LogP contribution in [0.2, 0.25) is 0 Å². The molecule has 0 amide bonds. The zero-order valence-electron chi connectivity index (χ0n) is 22.1. The maximum atomic E-state index is 11.6. The quantitative estimate of drug-likeness (QED) is 0.214. The highest BCUT2D eigenvalue weighted by Gasteiger charge is 2.31. The van der Waals surface area contributed by atoms with Gasteiger partial charge in [0.05, 0.1) is 26.2 Å². The van der Waals surface area contributed by atoms with Crippen LogP contribution in [0.25, 0.3) is 0 Å². The Labute approximate surface area is 219 Å². The van der Waals surface area contributed by atoms with Crippen LogP contribution < -0.4 is 9.47 Å². The Balaban J connectivity index is 1.85. The van der Waals surface area contributed by atoms with Crippen molar-refractivity contribution >= 4 is 11.9 Å². The average Bonchev–Trinajstić information content (AvgIpc) is 2.92. The van der Waals surface area contributed by atoms with E-state index in [1.54, 1.807) is 13.8 Å². The van der Waals surface area contributed by atoms with Gasteiger partial charge in [-0.2, -0.15) is 0 Å². The highest BCUT2D eigenvalue weighted by molar-refractivity contribution is 5.71. The van der Waals surface area contributed by atoms with E-state index in [4.69, 9.17) is 18.9 Å². The number of ether oxygens (including phenoxy) is 4. The van der Waals surface area contributed by atoms with Gasteiger partial charge in [0.1, 0.15) is 11.5 Å². The highest BCUT2D eigenvalue weighted by atomic mass is 16.6. The van der Waals surface area contributed by atoms with Crippen molar-refractivity contribution < 1.29 is 28.5 Å². The lowest BCUT2D eigenvalue weighted by Crippen LogP contribution is -2.25. The molecular formula is C31H36O6. The number of carbonyl (C=O) groups is 2. The maximum Gasteiger partial charge on any atom is 0.344 e. The van der Waals surface area contributed by atoms with Crippen LogP contribution in [-0.2, 0) is 30.9 Å². The molecule has 0 unspecified atom stereocenters. The molecule has 1 atom stereocenters. The predicted molar refractivity (Wildman–Crippen MR) is 143 cm³/mol. The van der Waals surface area contributed by atoms with E-state index in [2.05, 4.69) is 50.2 Å². The summed E-state index contributed by atoms with van der Waals surface area (Å²) in [5.74, 6) is 0.638. The van der Waals surface area contributed by atoms with Crippen molar-refractivity contribution in [2.45, 2.75) is 46.0 Å². The molecule has 0 saturated heterocycles. The molecule has 0 bridgehead atoms. The van der Waals surface area contributed by atoms with Gasteiger partial charge >= 0.3 is 11.9 Å². The summed E-state index contributed by atoms with van der Waals surface area (Å²) < 4.78 is 21.2. The first-order valence-electron chi connectivity index (χ1n) is 12.8. The van der Waals surface area contributed by atoms with Gasteiger partial charge < -0.3 is 18.9 Å². The number of rotatable bonds is 13. The van der Waals surface area contributed by atoms with Crippen LogP contribution >= 0.6 is 0 Å². The van der Waals surface area contributed by atoms with E-state index in [0.29, 0.717) is 24.7 Å². The van der Waals surface area contributed by atoms with Crippen LogP contribution in [0.15, 0.2) is 72.8 Å². The maximum absolute atomic E-state index is 11.6. The zero-order valence-corrected chi connectivity index (χ0v) is 22.1. The molecule has 0 aliphatic rings. The van der Waals surface area contributed by atoms with E-state index in [0.717, 1.165) is 23.1 Å². The summed E-state index contributed by atoms with van der Waals surface area (Å²) in [5, 5.41) is 0. The van der Waals surface area contributed by atoms with Crippen molar-refractivity contribution in [1.82, 2.24) is 0 Å². The number of esters is 2. The molecule has 196 valence electrons. The van der Waals surface area contributed by atoms with E-state index in [1.807, 2.05) is 36.4 Å². The average molecular weight is 505 g/mol. The molecule has 37 heavy (non-hydrogen) atoms. The number of benzene rings is 3. The molecule has 6 nitrogen and oxygen atoms in total. The van der Waals surface area contributed by atoms with Crippen LogP contribution in [-0.4, -0.2) is 38.4 Å². The molecule has 0 heterocycles. The van der Waals surface area contributed by atoms with Crippen LogP contribution in [0.5, 0.6) is 11.5 Å². The van der Waals surface area contributed by atoms with Gasteiger partial charge in [-0.1, -0.05) is 55.5 Å². The van der Waals surface area contributed by atoms with Crippen molar-refractivity contribution in [2.75, 3.05) is 26.4 Å². The Bertz CT molecular complexity index is 1140. The van der Waals surface area contributed by atoms with Gasteiger partial charge in [-0.05, 0) is 73.7 Å². The minimum absolute atomic E-state index is 0.124. The first-order valence-corrected chi connectivity index (χ1v) is 12.8. The molecule has 0 aromatic heterocycles. The fraction of sp³-hybridized carbons (Fsp3) is 0.355. The molecule has 0 fully saturated rings. The van der Waals surface area contributed by atoms with E-state index in [1.165, 1.54) is 5.56 Å². The lowest BCUT2D eigenvalue weighted by Gasteiger charge is -2.32. The third-order valence-corrected chi connectivity index (χ3v) is 6.35. The Kier molecular flexibility index (Phi) is 10.1. The molecular weight excluding hydrogens is 468 g/mol. The topological polar surface area (TPSA) is 71.1 Å². The first-order chi connectivity index (χ1) is 17.9. The largest absolute Gasteiger partial charge is 0.493 e. The van der Waals surface area contributed by atoms with E-state index >= 15 is 0 Å². The van der Waals surface area contributed by atoms with Crippen molar-refractivity contribution in [2.24, 2.45) is 0 Å². The molecule has 6 heteroatoms.